The second kappa shape index (κ2) is 8.43. The normalized spacial score (nSPS) is 16.5. The number of carbonyl (C=O) groups excluding carboxylic acids is 4. The van der Waals surface area contributed by atoms with Crippen molar-refractivity contribution in [2.45, 2.75) is 19.4 Å². The molecule has 0 saturated heterocycles. The van der Waals surface area contributed by atoms with Crippen LogP contribution in [0.5, 0.6) is 0 Å². The van der Waals surface area contributed by atoms with E-state index in [1.54, 1.807) is 29.2 Å². The number of benzene rings is 3. The second-order valence-electron chi connectivity index (χ2n) is 8.20. The fraction of sp³-hybridized carbons (Fsp3) is 0.154. The number of hydrogen-bond donors (Lipinski definition) is 0. The van der Waals surface area contributed by atoms with Crippen LogP contribution in [0.25, 0.3) is 0 Å². The molecule has 7 nitrogen and oxygen atoms in total. The molecule has 0 N–H and O–H groups in total. The Morgan fingerprint density at radius 2 is 1.68 bits per heavy atom. The van der Waals surface area contributed by atoms with E-state index < -0.39 is 24.4 Å². The monoisotopic (exact) mass is 474 g/mol. The third-order valence-corrected chi connectivity index (χ3v) is 6.26. The average Bonchev–Trinajstić information content (AvgIpc) is 3.30. The smallest absolute Gasteiger partial charge is 0.338 e. The zero-order valence-electron chi connectivity index (χ0n) is 18.2. The Morgan fingerprint density at radius 1 is 0.971 bits per heavy atom. The molecule has 0 aliphatic carbocycles. The number of hydrogen-bond acceptors (Lipinski definition) is 5. The number of amides is 3. The molecule has 3 aromatic rings. The molecule has 3 aromatic carbocycles. The first kappa shape index (κ1) is 21.9. The minimum absolute atomic E-state index is 0.0360. The summed E-state index contributed by atoms with van der Waals surface area (Å²) in [6.45, 7) is 1.51. The third-order valence-electron chi connectivity index (χ3n) is 6.01. The summed E-state index contributed by atoms with van der Waals surface area (Å²) >= 11 is 5.90. The SMILES string of the molecule is C[C@@H]1Cc2ccccc2N1C(=O)COC(=O)c1ccc2c(c1)C(=O)N(c1ccc(Cl)cc1)C2=O. The lowest BCUT2D eigenvalue weighted by atomic mass is 10.1. The summed E-state index contributed by atoms with van der Waals surface area (Å²) in [5, 5.41) is 0.478. The summed E-state index contributed by atoms with van der Waals surface area (Å²) in [6, 6.07) is 18.1. The summed E-state index contributed by atoms with van der Waals surface area (Å²) in [5.74, 6) is -2.11. The van der Waals surface area contributed by atoms with Crippen LogP contribution in [-0.4, -0.2) is 36.3 Å². The van der Waals surface area contributed by atoms with Gasteiger partial charge in [0.25, 0.3) is 17.7 Å². The Hall–Kier alpha value is -3.97. The van der Waals surface area contributed by atoms with Crippen LogP contribution in [-0.2, 0) is 16.0 Å². The van der Waals surface area contributed by atoms with Gasteiger partial charge in [0.2, 0.25) is 0 Å². The number of fused-ring (bicyclic) bond motifs is 2. The molecule has 2 heterocycles. The summed E-state index contributed by atoms with van der Waals surface area (Å²) in [5.41, 5.74) is 2.64. The van der Waals surface area contributed by atoms with Crippen molar-refractivity contribution in [3.63, 3.8) is 0 Å². The highest BCUT2D eigenvalue weighted by atomic mass is 35.5. The molecule has 0 saturated carbocycles. The number of imide groups is 1. The number of ether oxygens (including phenoxy) is 1. The van der Waals surface area contributed by atoms with Gasteiger partial charge in [-0.1, -0.05) is 29.8 Å². The largest absolute Gasteiger partial charge is 0.452 e. The number of esters is 1. The molecule has 8 heteroatoms. The standard InChI is InChI=1S/C26H19ClN2O5/c1-15-12-16-4-2-3-5-22(16)28(15)23(30)14-34-26(33)17-6-11-20-21(13-17)25(32)29(24(20)31)19-9-7-18(27)8-10-19/h2-11,13,15H,12,14H2,1H3/t15-/m1/s1. The summed E-state index contributed by atoms with van der Waals surface area (Å²) in [7, 11) is 0. The van der Waals surface area contributed by atoms with Crippen LogP contribution < -0.4 is 9.80 Å². The Labute approximate surface area is 200 Å². The van der Waals surface area contributed by atoms with Crippen molar-refractivity contribution >= 4 is 46.7 Å². The lowest BCUT2D eigenvalue weighted by Gasteiger charge is -2.22. The van der Waals surface area contributed by atoms with Crippen molar-refractivity contribution in [3.8, 4) is 0 Å². The van der Waals surface area contributed by atoms with Crippen molar-refractivity contribution in [3.05, 3.63) is 94.0 Å². The molecule has 0 bridgehead atoms. The van der Waals surface area contributed by atoms with E-state index in [1.165, 1.54) is 18.2 Å². The van der Waals surface area contributed by atoms with E-state index >= 15 is 0 Å². The fourth-order valence-electron chi connectivity index (χ4n) is 4.42. The van der Waals surface area contributed by atoms with Gasteiger partial charge in [0.15, 0.2) is 6.61 Å². The topological polar surface area (TPSA) is 84.0 Å². The molecule has 34 heavy (non-hydrogen) atoms. The number of nitrogens with zero attached hydrogens (tertiary/aromatic N) is 2. The molecule has 5 rings (SSSR count). The molecule has 2 aliphatic heterocycles. The first-order valence-electron chi connectivity index (χ1n) is 10.7. The molecule has 170 valence electrons. The molecule has 3 amide bonds. The van der Waals surface area contributed by atoms with Gasteiger partial charge in [0, 0.05) is 16.8 Å². The van der Waals surface area contributed by atoms with Crippen LogP contribution in [0.4, 0.5) is 11.4 Å². The van der Waals surface area contributed by atoms with E-state index in [9.17, 15) is 19.2 Å². The second-order valence-corrected chi connectivity index (χ2v) is 8.64. The van der Waals surface area contributed by atoms with Gasteiger partial charge in [-0.05, 0) is 67.4 Å². The van der Waals surface area contributed by atoms with Gasteiger partial charge in [0.05, 0.1) is 22.4 Å². The maximum absolute atomic E-state index is 12.9. The lowest BCUT2D eigenvalue weighted by Crippen LogP contribution is -2.38. The Kier molecular flexibility index (Phi) is 5.42. The zero-order chi connectivity index (χ0) is 24.0. The van der Waals surface area contributed by atoms with Gasteiger partial charge in [-0.25, -0.2) is 9.69 Å². The number of para-hydroxylation sites is 1. The van der Waals surface area contributed by atoms with Crippen molar-refractivity contribution < 1.29 is 23.9 Å². The molecule has 0 radical (unpaired) electrons. The average molecular weight is 475 g/mol. The Morgan fingerprint density at radius 3 is 2.44 bits per heavy atom. The van der Waals surface area contributed by atoms with Gasteiger partial charge in [-0.3, -0.25) is 14.4 Å². The lowest BCUT2D eigenvalue weighted by molar-refractivity contribution is -0.122. The first-order valence-corrected chi connectivity index (χ1v) is 11.1. The highest BCUT2D eigenvalue weighted by Gasteiger charge is 2.37. The quantitative estimate of drug-likeness (QED) is 0.416. The van der Waals surface area contributed by atoms with Gasteiger partial charge >= 0.3 is 5.97 Å². The van der Waals surface area contributed by atoms with E-state index in [1.807, 2.05) is 31.2 Å². The van der Waals surface area contributed by atoms with E-state index in [0.717, 1.165) is 22.6 Å². The summed E-state index contributed by atoms with van der Waals surface area (Å²) in [6.07, 6.45) is 0.737. The number of carbonyl (C=O) groups is 4. The Balaban J connectivity index is 1.31. The van der Waals surface area contributed by atoms with E-state index in [2.05, 4.69) is 0 Å². The molecule has 1 atom stereocenters. The fourth-order valence-corrected chi connectivity index (χ4v) is 4.54. The summed E-state index contributed by atoms with van der Waals surface area (Å²) < 4.78 is 5.26. The van der Waals surface area contributed by atoms with Gasteiger partial charge < -0.3 is 9.64 Å². The summed E-state index contributed by atoms with van der Waals surface area (Å²) in [4.78, 5) is 53.8. The van der Waals surface area contributed by atoms with Gasteiger partial charge in [-0.2, -0.15) is 0 Å². The minimum atomic E-state index is -0.749. The van der Waals surface area contributed by atoms with E-state index in [4.69, 9.17) is 16.3 Å². The Bertz CT molecular complexity index is 1350. The van der Waals surface area contributed by atoms with Crippen LogP contribution in [0.15, 0.2) is 66.7 Å². The highest BCUT2D eigenvalue weighted by Crippen LogP contribution is 2.32. The van der Waals surface area contributed by atoms with E-state index in [0.29, 0.717) is 10.7 Å². The molecule has 0 spiro atoms. The third kappa shape index (κ3) is 3.64. The maximum Gasteiger partial charge on any atom is 0.338 e. The zero-order valence-corrected chi connectivity index (χ0v) is 18.9. The molecule has 0 unspecified atom stereocenters. The molecule has 0 aromatic heterocycles. The maximum atomic E-state index is 12.9. The highest BCUT2D eigenvalue weighted by molar-refractivity contribution is 6.35. The van der Waals surface area contributed by atoms with Gasteiger partial charge in [-0.15, -0.1) is 0 Å². The van der Waals surface area contributed by atoms with Crippen LogP contribution in [0, 0.1) is 0 Å². The van der Waals surface area contributed by atoms with Crippen LogP contribution >= 0.6 is 11.6 Å². The predicted molar refractivity (Wildman–Crippen MR) is 126 cm³/mol. The first-order chi connectivity index (χ1) is 16.3. The van der Waals surface area contributed by atoms with Crippen molar-refractivity contribution in [1.29, 1.82) is 0 Å². The van der Waals surface area contributed by atoms with Crippen LogP contribution in [0.2, 0.25) is 5.02 Å². The molecule has 2 aliphatic rings. The van der Waals surface area contributed by atoms with Crippen LogP contribution in [0.1, 0.15) is 43.6 Å². The van der Waals surface area contributed by atoms with Gasteiger partial charge in [0.1, 0.15) is 0 Å². The van der Waals surface area contributed by atoms with Crippen LogP contribution in [0.3, 0.4) is 0 Å². The van der Waals surface area contributed by atoms with Crippen molar-refractivity contribution in [2.75, 3.05) is 16.4 Å². The number of anilines is 2. The molecule has 0 fully saturated rings. The number of halogens is 1. The predicted octanol–water partition coefficient (Wildman–Crippen LogP) is 4.28. The van der Waals surface area contributed by atoms with E-state index in [-0.39, 0.29) is 28.6 Å². The molecular weight excluding hydrogens is 456 g/mol. The minimum Gasteiger partial charge on any atom is -0.452 e. The number of rotatable bonds is 4. The van der Waals surface area contributed by atoms with Crippen molar-refractivity contribution in [2.24, 2.45) is 0 Å². The molecular formula is C26H19ClN2O5. The van der Waals surface area contributed by atoms with Crippen molar-refractivity contribution in [1.82, 2.24) is 0 Å².